The van der Waals surface area contributed by atoms with Crippen molar-refractivity contribution in [2.45, 2.75) is 6.92 Å². The Hall–Kier alpha value is -1.36. The maximum atomic E-state index is 6.05. The number of nitrogens with zero attached hydrogens (tertiary/aromatic N) is 1. The molecule has 6 heteroatoms. The summed E-state index contributed by atoms with van der Waals surface area (Å²) in [7, 11) is 0. The van der Waals surface area contributed by atoms with Gasteiger partial charge in [-0.3, -0.25) is 0 Å². The van der Waals surface area contributed by atoms with Crippen molar-refractivity contribution in [3.05, 3.63) is 52.1 Å². The summed E-state index contributed by atoms with van der Waals surface area (Å²) in [5.74, 6) is 0.683. The normalized spacial score (nSPS) is 10.1. The van der Waals surface area contributed by atoms with E-state index < -0.39 is 0 Å². The van der Waals surface area contributed by atoms with Gasteiger partial charge in [-0.2, -0.15) is 0 Å². The fourth-order valence-electron chi connectivity index (χ4n) is 1.47. The molecule has 2 rings (SSSR count). The molecule has 1 aromatic carbocycles. The summed E-state index contributed by atoms with van der Waals surface area (Å²) >= 11 is 17.1. The summed E-state index contributed by atoms with van der Waals surface area (Å²) in [5.41, 5.74) is 1.79. The smallest absolute Gasteiger partial charge is 0.176 e. The molecule has 0 atom stereocenters. The number of aromatic nitrogens is 1. The molecule has 0 saturated carbocycles. The molecule has 0 bridgehead atoms. The van der Waals surface area contributed by atoms with Crippen LogP contribution in [0.3, 0.4) is 0 Å². The zero-order valence-corrected chi connectivity index (χ0v) is 12.4. The highest BCUT2D eigenvalue weighted by Gasteiger charge is 2.04. The number of hydrogen-bond donors (Lipinski definition) is 2. The zero-order chi connectivity index (χ0) is 13.8. The number of halogens is 2. The maximum Gasteiger partial charge on any atom is 0.176 e. The van der Waals surface area contributed by atoms with Crippen LogP contribution in [0.1, 0.15) is 5.56 Å². The van der Waals surface area contributed by atoms with Gasteiger partial charge in [0, 0.05) is 11.2 Å². The number of rotatable bonds is 2. The molecule has 0 aliphatic carbocycles. The number of benzene rings is 1. The average molecular weight is 312 g/mol. The molecule has 3 nitrogen and oxygen atoms in total. The van der Waals surface area contributed by atoms with Gasteiger partial charge in [0.15, 0.2) is 5.11 Å². The van der Waals surface area contributed by atoms with Crippen molar-refractivity contribution < 1.29 is 0 Å². The Morgan fingerprint density at radius 1 is 1.16 bits per heavy atom. The minimum absolute atomic E-state index is 0.419. The number of hydrogen-bond acceptors (Lipinski definition) is 2. The van der Waals surface area contributed by atoms with Crippen LogP contribution in [0.25, 0.3) is 0 Å². The van der Waals surface area contributed by atoms with E-state index >= 15 is 0 Å². The van der Waals surface area contributed by atoms with E-state index in [2.05, 4.69) is 15.6 Å². The maximum absolute atomic E-state index is 6.05. The van der Waals surface area contributed by atoms with E-state index in [-0.39, 0.29) is 0 Å². The van der Waals surface area contributed by atoms with Gasteiger partial charge in [0.2, 0.25) is 0 Å². The van der Waals surface area contributed by atoms with Crippen LogP contribution in [0.2, 0.25) is 10.0 Å². The molecule has 1 aromatic heterocycles. The molecule has 19 heavy (non-hydrogen) atoms. The van der Waals surface area contributed by atoms with Gasteiger partial charge < -0.3 is 10.6 Å². The lowest BCUT2D eigenvalue weighted by Crippen LogP contribution is -2.19. The Labute approximate surface area is 127 Å². The van der Waals surface area contributed by atoms with Gasteiger partial charge in [-0.1, -0.05) is 23.2 Å². The van der Waals surface area contributed by atoms with Gasteiger partial charge in [0.25, 0.3) is 0 Å². The SMILES string of the molecule is Cc1ccnc(NC(=S)Nc2ccc(Cl)cc2Cl)c1. The third kappa shape index (κ3) is 4.06. The van der Waals surface area contributed by atoms with Gasteiger partial charge in [-0.25, -0.2) is 4.98 Å². The summed E-state index contributed by atoms with van der Waals surface area (Å²) in [6, 6.07) is 8.97. The highest BCUT2D eigenvalue weighted by Crippen LogP contribution is 2.25. The molecular formula is C13H11Cl2N3S. The molecule has 0 radical (unpaired) electrons. The molecular weight excluding hydrogens is 301 g/mol. The number of thiocarbonyl (C=S) groups is 1. The van der Waals surface area contributed by atoms with Gasteiger partial charge in [0.1, 0.15) is 5.82 Å². The molecule has 0 unspecified atom stereocenters. The molecule has 0 aliphatic heterocycles. The van der Waals surface area contributed by atoms with Crippen LogP contribution in [0.5, 0.6) is 0 Å². The van der Waals surface area contributed by atoms with E-state index in [1.54, 1.807) is 24.4 Å². The fraction of sp³-hybridized carbons (Fsp3) is 0.0769. The predicted molar refractivity (Wildman–Crippen MR) is 85.3 cm³/mol. The van der Waals surface area contributed by atoms with Crippen LogP contribution in [0.4, 0.5) is 11.5 Å². The van der Waals surface area contributed by atoms with Crippen molar-refractivity contribution in [3.63, 3.8) is 0 Å². The molecule has 0 saturated heterocycles. The molecule has 2 aromatic rings. The quantitative estimate of drug-likeness (QED) is 0.800. The van der Waals surface area contributed by atoms with E-state index in [1.165, 1.54) is 0 Å². The summed E-state index contributed by atoms with van der Waals surface area (Å²) in [6.07, 6.45) is 1.72. The Balaban J connectivity index is 2.05. The Morgan fingerprint density at radius 2 is 1.95 bits per heavy atom. The first kappa shape index (κ1) is 14.1. The number of nitrogens with one attached hydrogen (secondary N) is 2. The third-order valence-electron chi connectivity index (χ3n) is 2.34. The van der Waals surface area contributed by atoms with E-state index in [0.717, 1.165) is 5.56 Å². The Morgan fingerprint density at radius 3 is 2.63 bits per heavy atom. The second kappa shape index (κ2) is 6.19. The van der Waals surface area contributed by atoms with Crippen LogP contribution in [0, 0.1) is 6.92 Å². The van der Waals surface area contributed by atoms with Crippen LogP contribution in [-0.4, -0.2) is 10.1 Å². The van der Waals surface area contributed by atoms with Gasteiger partial charge in [0.05, 0.1) is 10.7 Å². The van der Waals surface area contributed by atoms with E-state index in [1.807, 2.05) is 19.1 Å². The Bertz CT molecular complexity index is 617. The first-order valence-corrected chi connectivity index (χ1v) is 6.67. The molecule has 0 spiro atoms. The van der Waals surface area contributed by atoms with E-state index in [4.69, 9.17) is 35.4 Å². The number of pyridine rings is 1. The van der Waals surface area contributed by atoms with Crippen LogP contribution >= 0.6 is 35.4 Å². The van der Waals surface area contributed by atoms with Gasteiger partial charge in [-0.05, 0) is 55.0 Å². The predicted octanol–water partition coefficient (Wildman–Crippen LogP) is 4.51. The zero-order valence-electron chi connectivity index (χ0n) is 10.1. The highest BCUT2D eigenvalue weighted by molar-refractivity contribution is 7.80. The van der Waals surface area contributed by atoms with Crippen LogP contribution in [0.15, 0.2) is 36.5 Å². The summed E-state index contributed by atoms with van der Waals surface area (Å²) in [6.45, 7) is 1.99. The summed E-state index contributed by atoms with van der Waals surface area (Å²) in [4.78, 5) is 4.17. The lowest BCUT2D eigenvalue weighted by atomic mass is 10.3. The third-order valence-corrected chi connectivity index (χ3v) is 3.09. The molecule has 1 heterocycles. The minimum atomic E-state index is 0.419. The standard InChI is InChI=1S/C13H11Cl2N3S/c1-8-4-5-16-12(6-8)18-13(19)17-11-3-2-9(14)7-10(11)15/h2-7H,1H3,(H2,16,17,18,19). The molecule has 0 fully saturated rings. The average Bonchev–Trinajstić information content (AvgIpc) is 2.33. The summed E-state index contributed by atoms with van der Waals surface area (Å²) < 4.78 is 0. The van der Waals surface area contributed by atoms with Crippen molar-refractivity contribution in [2.75, 3.05) is 10.6 Å². The van der Waals surface area contributed by atoms with Crippen LogP contribution < -0.4 is 10.6 Å². The first-order valence-electron chi connectivity index (χ1n) is 5.50. The lowest BCUT2D eigenvalue weighted by Gasteiger charge is -2.11. The minimum Gasteiger partial charge on any atom is -0.331 e. The second-order valence-corrected chi connectivity index (χ2v) is 5.17. The van der Waals surface area contributed by atoms with Crippen LogP contribution in [-0.2, 0) is 0 Å². The first-order chi connectivity index (χ1) is 9.04. The topological polar surface area (TPSA) is 37.0 Å². The monoisotopic (exact) mass is 311 g/mol. The highest BCUT2D eigenvalue weighted by atomic mass is 35.5. The van der Waals surface area contributed by atoms with Gasteiger partial charge in [-0.15, -0.1) is 0 Å². The summed E-state index contributed by atoms with van der Waals surface area (Å²) in [5, 5.41) is 7.49. The Kier molecular flexibility index (Phi) is 4.58. The largest absolute Gasteiger partial charge is 0.331 e. The van der Waals surface area contributed by atoms with Crippen molar-refractivity contribution in [3.8, 4) is 0 Å². The lowest BCUT2D eigenvalue weighted by molar-refractivity contribution is 1.28. The van der Waals surface area contributed by atoms with E-state index in [9.17, 15) is 0 Å². The van der Waals surface area contributed by atoms with Crippen molar-refractivity contribution in [2.24, 2.45) is 0 Å². The molecule has 0 aliphatic rings. The number of aryl methyl sites for hydroxylation is 1. The second-order valence-electron chi connectivity index (χ2n) is 3.92. The number of anilines is 2. The van der Waals surface area contributed by atoms with E-state index in [0.29, 0.717) is 26.7 Å². The fourth-order valence-corrected chi connectivity index (χ4v) is 2.14. The van der Waals surface area contributed by atoms with Crippen molar-refractivity contribution in [1.29, 1.82) is 0 Å². The molecule has 2 N–H and O–H groups in total. The molecule has 98 valence electrons. The van der Waals surface area contributed by atoms with Crippen molar-refractivity contribution >= 4 is 52.0 Å². The van der Waals surface area contributed by atoms with Crippen molar-refractivity contribution in [1.82, 2.24) is 4.98 Å². The van der Waals surface area contributed by atoms with Gasteiger partial charge >= 0.3 is 0 Å². The molecule has 0 amide bonds.